The fourth-order valence-electron chi connectivity index (χ4n) is 1.55. The number of aromatic nitrogens is 3. The van der Waals surface area contributed by atoms with Crippen molar-refractivity contribution in [2.45, 2.75) is 13.3 Å². The van der Waals surface area contributed by atoms with Crippen LogP contribution in [0.1, 0.15) is 21.7 Å². The van der Waals surface area contributed by atoms with Crippen molar-refractivity contribution in [1.82, 2.24) is 20.3 Å². The van der Waals surface area contributed by atoms with Gasteiger partial charge in [0.1, 0.15) is 0 Å². The first-order chi connectivity index (χ1) is 8.27. The van der Waals surface area contributed by atoms with Crippen molar-refractivity contribution >= 4 is 5.91 Å². The molecule has 2 heterocycles. The molecule has 0 aromatic carbocycles. The summed E-state index contributed by atoms with van der Waals surface area (Å²) in [6.07, 6.45) is 5.80. The Kier molecular flexibility index (Phi) is 3.49. The van der Waals surface area contributed by atoms with Gasteiger partial charge in [-0.1, -0.05) is 0 Å². The summed E-state index contributed by atoms with van der Waals surface area (Å²) in [5.74, 6) is -0.0879. The highest BCUT2D eigenvalue weighted by molar-refractivity contribution is 5.95. The molecular weight excluding hydrogens is 216 g/mol. The second-order valence-corrected chi connectivity index (χ2v) is 3.72. The molecule has 0 bridgehead atoms. The van der Waals surface area contributed by atoms with Crippen LogP contribution in [0, 0.1) is 6.92 Å². The average Bonchev–Trinajstić information content (AvgIpc) is 2.82. The Labute approximate surface area is 99.3 Å². The molecule has 0 saturated carbocycles. The Morgan fingerprint density at radius 2 is 2.41 bits per heavy atom. The second-order valence-electron chi connectivity index (χ2n) is 3.72. The molecule has 0 aliphatic carbocycles. The van der Waals surface area contributed by atoms with Gasteiger partial charge < -0.3 is 10.3 Å². The summed E-state index contributed by atoms with van der Waals surface area (Å²) >= 11 is 0. The monoisotopic (exact) mass is 230 g/mol. The number of imidazole rings is 1. The van der Waals surface area contributed by atoms with E-state index >= 15 is 0 Å². The number of aromatic amines is 1. The van der Waals surface area contributed by atoms with Crippen LogP contribution in [0.4, 0.5) is 0 Å². The van der Waals surface area contributed by atoms with Gasteiger partial charge in [0.05, 0.1) is 11.9 Å². The predicted molar refractivity (Wildman–Crippen MR) is 63.6 cm³/mol. The quantitative estimate of drug-likeness (QED) is 0.825. The maximum Gasteiger partial charge on any atom is 0.253 e. The maximum absolute atomic E-state index is 11.8. The topological polar surface area (TPSA) is 70.7 Å². The van der Waals surface area contributed by atoms with Crippen molar-refractivity contribution in [1.29, 1.82) is 0 Å². The van der Waals surface area contributed by atoms with Gasteiger partial charge in [0.2, 0.25) is 0 Å². The number of rotatable bonds is 4. The summed E-state index contributed by atoms with van der Waals surface area (Å²) in [5.41, 5.74) is 2.37. The van der Waals surface area contributed by atoms with Crippen LogP contribution in [0.3, 0.4) is 0 Å². The van der Waals surface area contributed by atoms with Crippen LogP contribution < -0.4 is 5.32 Å². The van der Waals surface area contributed by atoms with E-state index in [9.17, 15) is 4.79 Å². The van der Waals surface area contributed by atoms with Crippen LogP contribution in [0.5, 0.6) is 0 Å². The van der Waals surface area contributed by atoms with Gasteiger partial charge in [-0.25, -0.2) is 4.98 Å². The summed E-state index contributed by atoms with van der Waals surface area (Å²) in [6, 6.07) is 3.53. The molecule has 1 amide bonds. The first-order valence-electron chi connectivity index (χ1n) is 5.44. The third-order valence-corrected chi connectivity index (χ3v) is 2.49. The molecule has 0 spiro atoms. The van der Waals surface area contributed by atoms with Crippen molar-refractivity contribution in [2.75, 3.05) is 6.54 Å². The summed E-state index contributed by atoms with van der Waals surface area (Å²) in [5, 5.41) is 2.85. The van der Waals surface area contributed by atoms with Crippen molar-refractivity contribution in [3.8, 4) is 0 Å². The number of hydrogen-bond acceptors (Lipinski definition) is 3. The van der Waals surface area contributed by atoms with Gasteiger partial charge in [-0.05, 0) is 19.1 Å². The van der Waals surface area contributed by atoms with Crippen LogP contribution in [-0.4, -0.2) is 27.4 Å². The van der Waals surface area contributed by atoms with E-state index in [0.717, 1.165) is 17.8 Å². The molecular formula is C12H14N4O. The van der Waals surface area contributed by atoms with E-state index in [0.29, 0.717) is 12.1 Å². The lowest BCUT2D eigenvalue weighted by molar-refractivity contribution is 0.0953. The molecule has 88 valence electrons. The molecule has 0 radical (unpaired) electrons. The number of amides is 1. The molecule has 0 aliphatic rings. The standard InChI is InChI=1S/C12H14N4O/c1-9-11(3-2-5-14-9)12(17)15-6-4-10-7-13-8-16-10/h2-3,5,7-8H,4,6H2,1H3,(H,13,16)(H,15,17). The number of H-pyrrole nitrogens is 1. The first kappa shape index (κ1) is 11.3. The van der Waals surface area contributed by atoms with E-state index in [-0.39, 0.29) is 5.91 Å². The van der Waals surface area contributed by atoms with Crippen molar-refractivity contribution in [3.63, 3.8) is 0 Å². The summed E-state index contributed by atoms with van der Waals surface area (Å²) in [7, 11) is 0. The predicted octanol–water partition coefficient (Wildman–Crippen LogP) is 1.09. The fraction of sp³-hybridized carbons (Fsp3) is 0.250. The van der Waals surface area contributed by atoms with E-state index in [4.69, 9.17) is 0 Å². The highest BCUT2D eigenvalue weighted by atomic mass is 16.1. The zero-order chi connectivity index (χ0) is 12.1. The molecule has 0 atom stereocenters. The highest BCUT2D eigenvalue weighted by Gasteiger charge is 2.08. The van der Waals surface area contributed by atoms with Crippen molar-refractivity contribution < 1.29 is 4.79 Å². The maximum atomic E-state index is 11.8. The molecule has 0 saturated heterocycles. The van der Waals surface area contributed by atoms with Crippen LogP contribution >= 0.6 is 0 Å². The van der Waals surface area contributed by atoms with Crippen LogP contribution in [-0.2, 0) is 6.42 Å². The van der Waals surface area contributed by atoms with E-state index in [1.165, 1.54) is 0 Å². The molecule has 5 nitrogen and oxygen atoms in total. The van der Waals surface area contributed by atoms with Gasteiger partial charge in [-0.3, -0.25) is 9.78 Å². The number of carbonyl (C=O) groups is 1. The average molecular weight is 230 g/mol. The SMILES string of the molecule is Cc1ncccc1C(=O)NCCc1cnc[nH]1. The first-order valence-corrected chi connectivity index (χ1v) is 5.44. The van der Waals surface area contributed by atoms with Gasteiger partial charge in [0, 0.05) is 36.7 Å². The molecule has 0 unspecified atom stereocenters. The third kappa shape index (κ3) is 2.90. The molecule has 2 rings (SSSR count). The van der Waals surface area contributed by atoms with Gasteiger partial charge >= 0.3 is 0 Å². The van der Waals surface area contributed by atoms with Crippen molar-refractivity contribution in [3.05, 3.63) is 47.8 Å². The van der Waals surface area contributed by atoms with Crippen LogP contribution in [0.15, 0.2) is 30.9 Å². The smallest absolute Gasteiger partial charge is 0.253 e. The fourth-order valence-corrected chi connectivity index (χ4v) is 1.55. The Hall–Kier alpha value is -2.17. The lowest BCUT2D eigenvalue weighted by Crippen LogP contribution is -2.26. The number of pyridine rings is 1. The van der Waals surface area contributed by atoms with Gasteiger partial charge in [-0.2, -0.15) is 0 Å². The zero-order valence-corrected chi connectivity index (χ0v) is 9.60. The molecule has 2 aromatic rings. The van der Waals surface area contributed by atoms with Crippen LogP contribution in [0.25, 0.3) is 0 Å². The minimum Gasteiger partial charge on any atom is -0.352 e. The zero-order valence-electron chi connectivity index (χ0n) is 9.60. The molecule has 2 N–H and O–H groups in total. The van der Waals surface area contributed by atoms with E-state index < -0.39 is 0 Å². The minimum absolute atomic E-state index is 0.0879. The van der Waals surface area contributed by atoms with Crippen LogP contribution in [0.2, 0.25) is 0 Å². The van der Waals surface area contributed by atoms with E-state index in [1.807, 2.05) is 6.92 Å². The molecule has 2 aromatic heterocycles. The second kappa shape index (κ2) is 5.25. The third-order valence-electron chi connectivity index (χ3n) is 2.49. The molecule has 17 heavy (non-hydrogen) atoms. The summed E-state index contributed by atoms with van der Waals surface area (Å²) in [4.78, 5) is 22.8. The van der Waals surface area contributed by atoms with E-state index in [2.05, 4.69) is 20.3 Å². The number of hydrogen-bond donors (Lipinski definition) is 2. The van der Waals surface area contributed by atoms with Gasteiger partial charge in [-0.15, -0.1) is 0 Å². The largest absolute Gasteiger partial charge is 0.352 e. The Morgan fingerprint density at radius 1 is 1.53 bits per heavy atom. The molecule has 0 aliphatic heterocycles. The van der Waals surface area contributed by atoms with Gasteiger partial charge in [0.15, 0.2) is 0 Å². The summed E-state index contributed by atoms with van der Waals surface area (Å²) in [6.45, 7) is 2.40. The van der Waals surface area contributed by atoms with Gasteiger partial charge in [0.25, 0.3) is 5.91 Å². The Bertz CT molecular complexity index is 493. The normalized spacial score (nSPS) is 10.2. The molecule has 5 heteroatoms. The summed E-state index contributed by atoms with van der Waals surface area (Å²) < 4.78 is 0. The number of aryl methyl sites for hydroxylation is 1. The van der Waals surface area contributed by atoms with E-state index in [1.54, 1.807) is 30.9 Å². The number of carbonyl (C=O) groups excluding carboxylic acids is 1. The lowest BCUT2D eigenvalue weighted by atomic mass is 10.2. The Morgan fingerprint density at radius 3 is 3.12 bits per heavy atom. The highest BCUT2D eigenvalue weighted by Crippen LogP contribution is 2.03. The lowest BCUT2D eigenvalue weighted by Gasteiger charge is -2.05. The molecule has 0 fully saturated rings. The number of nitrogens with one attached hydrogen (secondary N) is 2. The Balaban J connectivity index is 1.88. The number of nitrogens with zero attached hydrogens (tertiary/aromatic N) is 2. The minimum atomic E-state index is -0.0879. The van der Waals surface area contributed by atoms with Crippen molar-refractivity contribution in [2.24, 2.45) is 0 Å².